The Labute approximate surface area is 157 Å². The van der Waals surface area contributed by atoms with Crippen LogP contribution in [0, 0.1) is 5.82 Å². The fraction of sp³-hybridized carbons (Fsp3) is 0.667. The lowest BCUT2D eigenvalue weighted by Crippen LogP contribution is -2.52. The van der Waals surface area contributed by atoms with Crippen LogP contribution in [0.5, 0.6) is 0 Å². The molecule has 1 aromatic carbocycles. The molecule has 1 aliphatic heterocycles. The van der Waals surface area contributed by atoms with E-state index in [1.807, 2.05) is 19.2 Å². The molecule has 1 aromatic rings. The summed E-state index contributed by atoms with van der Waals surface area (Å²) in [5.41, 5.74) is 1.36. The van der Waals surface area contributed by atoms with Gasteiger partial charge in [-0.1, -0.05) is 25.5 Å². The zero-order valence-electron chi connectivity index (χ0n) is 16.2. The molecule has 0 radical (unpaired) electrons. The van der Waals surface area contributed by atoms with Crippen LogP contribution < -0.4 is 10.6 Å². The molecule has 0 bridgehead atoms. The number of halogens is 1. The molecule has 2 N–H and O–H groups in total. The third-order valence-electron chi connectivity index (χ3n) is 6.05. The van der Waals surface area contributed by atoms with Crippen molar-refractivity contribution in [3.05, 3.63) is 35.6 Å². The summed E-state index contributed by atoms with van der Waals surface area (Å²) in [5, 5.41) is 7.14. The minimum absolute atomic E-state index is 0.121. The smallest absolute Gasteiger partial charge is 0.191 e. The largest absolute Gasteiger partial charge is 0.356 e. The highest BCUT2D eigenvalue weighted by atomic mass is 19.1. The lowest BCUT2D eigenvalue weighted by Gasteiger charge is -2.43. The van der Waals surface area contributed by atoms with E-state index in [0.29, 0.717) is 6.04 Å². The van der Waals surface area contributed by atoms with Crippen molar-refractivity contribution in [3.63, 3.8) is 0 Å². The minimum atomic E-state index is -0.164. The topological polar surface area (TPSA) is 39.7 Å². The van der Waals surface area contributed by atoms with Crippen LogP contribution in [-0.2, 0) is 5.41 Å². The Morgan fingerprint density at radius 3 is 2.46 bits per heavy atom. The molecule has 1 aliphatic carbocycles. The fourth-order valence-electron chi connectivity index (χ4n) is 4.23. The number of guanidine groups is 1. The van der Waals surface area contributed by atoms with Gasteiger partial charge in [0.25, 0.3) is 0 Å². The third-order valence-corrected chi connectivity index (χ3v) is 6.05. The molecule has 1 saturated heterocycles. The average molecular weight is 361 g/mol. The van der Waals surface area contributed by atoms with Gasteiger partial charge in [-0.15, -0.1) is 0 Å². The molecular weight excluding hydrogens is 327 g/mol. The van der Waals surface area contributed by atoms with Crippen LogP contribution in [-0.4, -0.2) is 50.1 Å². The summed E-state index contributed by atoms with van der Waals surface area (Å²) in [7, 11) is 1.84. The van der Waals surface area contributed by atoms with Gasteiger partial charge in [0, 0.05) is 38.1 Å². The van der Waals surface area contributed by atoms with E-state index >= 15 is 0 Å². The van der Waals surface area contributed by atoms with Gasteiger partial charge in [0.1, 0.15) is 5.82 Å². The van der Waals surface area contributed by atoms with Gasteiger partial charge in [0.05, 0.1) is 0 Å². The van der Waals surface area contributed by atoms with E-state index in [-0.39, 0.29) is 11.2 Å². The SMILES string of the molecule is CCCN1CCC(NC(=NC)NCC2(c3ccc(F)cc3)CCC2)CC1. The molecule has 0 unspecified atom stereocenters. The first-order chi connectivity index (χ1) is 12.6. The Balaban J connectivity index is 1.51. The molecule has 144 valence electrons. The third kappa shape index (κ3) is 4.56. The lowest BCUT2D eigenvalue weighted by molar-refractivity contribution is 0.205. The molecule has 4 nitrogen and oxygen atoms in total. The second-order valence-corrected chi connectivity index (χ2v) is 7.83. The Bertz CT molecular complexity index is 587. The molecule has 26 heavy (non-hydrogen) atoms. The number of aliphatic imine (C=N–C) groups is 1. The highest BCUT2D eigenvalue weighted by Gasteiger charge is 2.38. The van der Waals surface area contributed by atoms with Crippen LogP contribution in [0.4, 0.5) is 4.39 Å². The Kier molecular flexibility index (Phi) is 6.52. The quantitative estimate of drug-likeness (QED) is 0.604. The second-order valence-electron chi connectivity index (χ2n) is 7.83. The number of hydrogen-bond acceptors (Lipinski definition) is 2. The predicted octanol–water partition coefficient (Wildman–Crippen LogP) is 3.29. The standard InChI is InChI=1S/C21H33FN4/c1-3-13-26-14-9-19(10-15-26)25-20(23-2)24-16-21(11-4-12-21)17-5-7-18(22)8-6-17/h5-8,19H,3-4,9-16H2,1-2H3,(H2,23,24,25). The maximum atomic E-state index is 13.3. The van der Waals surface area contributed by atoms with Gasteiger partial charge in [-0.25, -0.2) is 4.39 Å². The number of nitrogens with one attached hydrogen (secondary N) is 2. The Morgan fingerprint density at radius 1 is 1.23 bits per heavy atom. The molecule has 0 spiro atoms. The number of hydrogen-bond donors (Lipinski definition) is 2. The first-order valence-corrected chi connectivity index (χ1v) is 10.1. The van der Waals surface area contributed by atoms with E-state index in [1.165, 1.54) is 50.9 Å². The number of likely N-dealkylation sites (tertiary alicyclic amines) is 1. The summed E-state index contributed by atoms with van der Waals surface area (Å²) >= 11 is 0. The van der Waals surface area contributed by atoms with Gasteiger partial charge in [0.15, 0.2) is 5.96 Å². The van der Waals surface area contributed by atoms with Gasteiger partial charge in [0.2, 0.25) is 0 Å². The monoisotopic (exact) mass is 360 g/mol. The van der Waals surface area contributed by atoms with Crippen molar-refractivity contribution in [3.8, 4) is 0 Å². The van der Waals surface area contributed by atoms with Crippen molar-refractivity contribution in [1.82, 2.24) is 15.5 Å². The summed E-state index contributed by atoms with van der Waals surface area (Å²) in [4.78, 5) is 6.98. The van der Waals surface area contributed by atoms with Crippen LogP contribution in [0.15, 0.2) is 29.3 Å². The fourth-order valence-corrected chi connectivity index (χ4v) is 4.23. The van der Waals surface area contributed by atoms with E-state index in [2.05, 4.69) is 27.4 Å². The van der Waals surface area contributed by atoms with Crippen molar-refractivity contribution < 1.29 is 4.39 Å². The van der Waals surface area contributed by atoms with E-state index in [0.717, 1.165) is 25.3 Å². The molecule has 3 rings (SSSR count). The van der Waals surface area contributed by atoms with Gasteiger partial charge < -0.3 is 15.5 Å². The van der Waals surface area contributed by atoms with Crippen molar-refractivity contribution in [2.24, 2.45) is 4.99 Å². The molecule has 0 amide bonds. The Morgan fingerprint density at radius 2 is 1.92 bits per heavy atom. The number of nitrogens with zero attached hydrogens (tertiary/aromatic N) is 2. The second kappa shape index (κ2) is 8.85. The van der Waals surface area contributed by atoms with E-state index in [4.69, 9.17) is 0 Å². The Hall–Kier alpha value is -1.62. The van der Waals surface area contributed by atoms with E-state index in [9.17, 15) is 4.39 Å². The van der Waals surface area contributed by atoms with Crippen molar-refractivity contribution in [2.75, 3.05) is 33.2 Å². The van der Waals surface area contributed by atoms with Gasteiger partial charge in [-0.2, -0.15) is 0 Å². The van der Waals surface area contributed by atoms with Crippen LogP contribution in [0.2, 0.25) is 0 Å². The summed E-state index contributed by atoms with van der Waals surface area (Å²) < 4.78 is 13.3. The summed E-state index contributed by atoms with van der Waals surface area (Å²) in [6.07, 6.45) is 7.11. The molecule has 2 fully saturated rings. The van der Waals surface area contributed by atoms with Crippen LogP contribution in [0.3, 0.4) is 0 Å². The molecular formula is C21H33FN4. The minimum Gasteiger partial charge on any atom is -0.356 e. The maximum absolute atomic E-state index is 13.3. The van der Waals surface area contributed by atoms with E-state index < -0.39 is 0 Å². The lowest BCUT2D eigenvalue weighted by atomic mass is 9.64. The summed E-state index contributed by atoms with van der Waals surface area (Å²) in [5.74, 6) is 0.732. The number of piperidine rings is 1. The van der Waals surface area contributed by atoms with Crippen LogP contribution in [0.25, 0.3) is 0 Å². The van der Waals surface area contributed by atoms with Crippen molar-refractivity contribution in [1.29, 1.82) is 0 Å². The molecule has 1 saturated carbocycles. The normalized spacial score (nSPS) is 21.3. The summed E-state index contributed by atoms with van der Waals surface area (Å²) in [6, 6.07) is 7.53. The molecule has 5 heteroatoms. The first kappa shape index (κ1) is 19.2. The van der Waals surface area contributed by atoms with Gasteiger partial charge in [-0.05, 0) is 56.3 Å². The summed E-state index contributed by atoms with van der Waals surface area (Å²) in [6.45, 7) is 6.64. The molecule has 0 aromatic heterocycles. The average Bonchev–Trinajstić information content (AvgIpc) is 2.63. The zero-order valence-corrected chi connectivity index (χ0v) is 16.2. The van der Waals surface area contributed by atoms with Gasteiger partial charge >= 0.3 is 0 Å². The number of benzene rings is 1. The highest BCUT2D eigenvalue weighted by Crippen LogP contribution is 2.43. The molecule has 0 atom stereocenters. The van der Waals surface area contributed by atoms with E-state index in [1.54, 1.807) is 12.1 Å². The molecule has 1 heterocycles. The first-order valence-electron chi connectivity index (χ1n) is 10.1. The van der Waals surface area contributed by atoms with Crippen LogP contribution in [0.1, 0.15) is 51.0 Å². The van der Waals surface area contributed by atoms with Crippen molar-refractivity contribution in [2.45, 2.75) is 56.9 Å². The maximum Gasteiger partial charge on any atom is 0.191 e. The van der Waals surface area contributed by atoms with Gasteiger partial charge in [-0.3, -0.25) is 4.99 Å². The predicted molar refractivity (Wildman–Crippen MR) is 106 cm³/mol. The highest BCUT2D eigenvalue weighted by molar-refractivity contribution is 5.80. The zero-order chi connectivity index (χ0) is 18.4. The molecule has 2 aliphatic rings. The van der Waals surface area contributed by atoms with Crippen molar-refractivity contribution >= 4 is 5.96 Å². The van der Waals surface area contributed by atoms with Crippen LogP contribution >= 0.6 is 0 Å². The number of rotatable bonds is 6.